The van der Waals surface area contributed by atoms with Crippen LogP contribution in [0.1, 0.15) is 0 Å². The summed E-state index contributed by atoms with van der Waals surface area (Å²) in [6.07, 6.45) is 0. The van der Waals surface area contributed by atoms with Crippen molar-refractivity contribution in [3.05, 3.63) is 0 Å². The highest BCUT2D eigenvalue weighted by Crippen LogP contribution is 2.15. The molecule has 4 heteroatoms. The van der Waals surface area contributed by atoms with Crippen molar-refractivity contribution < 1.29 is 0 Å². The van der Waals surface area contributed by atoms with Gasteiger partial charge in [0.15, 0.2) is 0 Å². The van der Waals surface area contributed by atoms with E-state index in [0.717, 1.165) is 5.75 Å². The van der Waals surface area contributed by atoms with Crippen molar-refractivity contribution in [2.45, 2.75) is 11.4 Å². The number of thiocarbonyl (C=S) groups is 2. The van der Waals surface area contributed by atoms with Gasteiger partial charge >= 0.3 is 0 Å². The number of hydrogen-bond donors (Lipinski definition) is 1. The van der Waals surface area contributed by atoms with Crippen molar-refractivity contribution in [2.24, 2.45) is 0 Å². The SMILES string of the molecule is S=CC1CSC(C=S)N1. The van der Waals surface area contributed by atoms with Crippen molar-refractivity contribution in [1.29, 1.82) is 0 Å². The van der Waals surface area contributed by atoms with Crippen molar-refractivity contribution in [3.63, 3.8) is 0 Å². The highest BCUT2D eigenvalue weighted by atomic mass is 32.2. The van der Waals surface area contributed by atoms with Gasteiger partial charge in [-0.3, -0.25) is 5.32 Å². The Bertz CT molecular complexity index is 111. The first-order chi connectivity index (χ1) is 4.36. The van der Waals surface area contributed by atoms with Gasteiger partial charge in [0.05, 0.1) is 5.37 Å². The molecule has 1 aliphatic heterocycles. The smallest absolute Gasteiger partial charge is 0.0828 e. The molecular formula is C5H7NS3. The standard InChI is InChI=1S/C5H7NS3/c7-1-4-3-9-5(2-8)6-4/h1-2,4-6H,3H2. The Morgan fingerprint density at radius 1 is 1.44 bits per heavy atom. The van der Waals surface area contributed by atoms with Crippen LogP contribution in [0.2, 0.25) is 0 Å². The van der Waals surface area contributed by atoms with Gasteiger partial charge in [-0.2, -0.15) is 0 Å². The first-order valence-corrected chi connectivity index (χ1v) is 4.64. The fourth-order valence-corrected chi connectivity index (χ4v) is 2.24. The maximum Gasteiger partial charge on any atom is 0.0828 e. The molecule has 0 spiro atoms. The van der Waals surface area contributed by atoms with Gasteiger partial charge < -0.3 is 0 Å². The number of thioether (sulfide) groups is 1. The molecular weight excluding hydrogens is 170 g/mol. The third-order valence-electron chi connectivity index (χ3n) is 1.12. The average molecular weight is 177 g/mol. The molecule has 0 aliphatic carbocycles. The number of hydrogen-bond acceptors (Lipinski definition) is 4. The third kappa shape index (κ3) is 1.97. The molecule has 1 nitrogen and oxygen atoms in total. The summed E-state index contributed by atoms with van der Waals surface area (Å²) in [6.45, 7) is 0. The molecule has 2 unspecified atom stereocenters. The Labute approximate surface area is 69.6 Å². The van der Waals surface area contributed by atoms with Crippen molar-refractivity contribution in [1.82, 2.24) is 5.32 Å². The quantitative estimate of drug-likeness (QED) is 0.632. The summed E-state index contributed by atoms with van der Waals surface area (Å²) in [6, 6.07) is 0.384. The van der Waals surface area contributed by atoms with Crippen LogP contribution in [0, 0.1) is 0 Å². The molecule has 1 fully saturated rings. The van der Waals surface area contributed by atoms with E-state index in [9.17, 15) is 0 Å². The van der Waals surface area contributed by atoms with E-state index in [1.54, 1.807) is 22.5 Å². The summed E-state index contributed by atoms with van der Waals surface area (Å²) in [7, 11) is 0. The predicted octanol–water partition coefficient (Wildman–Crippen LogP) is 1.02. The lowest BCUT2D eigenvalue weighted by Gasteiger charge is -2.01. The normalized spacial score (nSPS) is 34.2. The lowest BCUT2D eigenvalue weighted by molar-refractivity contribution is 0.769. The second-order valence-corrected chi connectivity index (χ2v) is 3.52. The van der Waals surface area contributed by atoms with E-state index in [2.05, 4.69) is 5.32 Å². The molecule has 0 aromatic carbocycles. The Morgan fingerprint density at radius 2 is 2.22 bits per heavy atom. The Morgan fingerprint density at radius 3 is 2.56 bits per heavy atom. The molecule has 1 heterocycles. The molecule has 0 aromatic heterocycles. The fourth-order valence-electron chi connectivity index (χ4n) is 0.672. The van der Waals surface area contributed by atoms with Gasteiger partial charge in [-0.25, -0.2) is 0 Å². The van der Waals surface area contributed by atoms with Crippen LogP contribution in [0.3, 0.4) is 0 Å². The van der Waals surface area contributed by atoms with E-state index in [4.69, 9.17) is 24.4 Å². The zero-order chi connectivity index (χ0) is 6.69. The molecule has 1 saturated heterocycles. The Hall–Kier alpha value is 0.490. The molecule has 0 amide bonds. The van der Waals surface area contributed by atoms with Gasteiger partial charge in [0.25, 0.3) is 0 Å². The van der Waals surface area contributed by atoms with Gasteiger partial charge in [-0.1, -0.05) is 24.4 Å². The van der Waals surface area contributed by atoms with Crippen LogP contribution in [0.5, 0.6) is 0 Å². The topological polar surface area (TPSA) is 12.0 Å². The van der Waals surface area contributed by atoms with E-state index in [1.807, 2.05) is 0 Å². The highest BCUT2D eigenvalue weighted by Gasteiger charge is 2.19. The van der Waals surface area contributed by atoms with Crippen LogP contribution in [0.25, 0.3) is 0 Å². The average Bonchev–Trinajstić information content (AvgIpc) is 2.34. The van der Waals surface area contributed by atoms with Gasteiger partial charge in [-0.05, 0) is 5.37 Å². The predicted molar refractivity (Wildman–Crippen MR) is 50.5 cm³/mol. The van der Waals surface area contributed by atoms with Crippen LogP contribution >= 0.6 is 36.2 Å². The van der Waals surface area contributed by atoms with E-state index < -0.39 is 0 Å². The van der Waals surface area contributed by atoms with Crippen molar-refractivity contribution in [3.8, 4) is 0 Å². The van der Waals surface area contributed by atoms with Gasteiger partial charge in [0, 0.05) is 17.2 Å². The van der Waals surface area contributed by atoms with Crippen LogP contribution in [-0.4, -0.2) is 27.9 Å². The minimum absolute atomic E-state index is 0.337. The summed E-state index contributed by atoms with van der Waals surface area (Å²) in [4.78, 5) is 0. The van der Waals surface area contributed by atoms with Gasteiger partial charge in [-0.15, -0.1) is 11.8 Å². The molecule has 0 saturated carbocycles. The van der Waals surface area contributed by atoms with E-state index in [1.165, 1.54) is 0 Å². The maximum absolute atomic E-state index is 4.76. The summed E-state index contributed by atoms with van der Waals surface area (Å²) < 4.78 is 0. The molecule has 2 atom stereocenters. The zero-order valence-corrected chi connectivity index (χ0v) is 7.19. The summed E-state index contributed by atoms with van der Waals surface area (Å²) in [5.41, 5.74) is 0. The molecule has 0 aromatic rings. The zero-order valence-electron chi connectivity index (χ0n) is 4.74. The first-order valence-electron chi connectivity index (χ1n) is 2.65. The summed E-state index contributed by atoms with van der Waals surface area (Å²) >= 11 is 11.3. The monoisotopic (exact) mass is 177 g/mol. The van der Waals surface area contributed by atoms with E-state index >= 15 is 0 Å². The molecule has 1 aliphatic rings. The second-order valence-electron chi connectivity index (χ2n) is 1.80. The van der Waals surface area contributed by atoms with Gasteiger partial charge in [0.2, 0.25) is 0 Å². The van der Waals surface area contributed by atoms with Crippen molar-refractivity contribution in [2.75, 3.05) is 5.75 Å². The molecule has 0 bridgehead atoms. The molecule has 1 N–H and O–H groups in total. The number of rotatable bonds is 2. The lowest BCUT2D eigenvalue weighted by atomic mass is 10.4. The summed E-state index contributed by atoms with van der Waals surface area (Å²) in [5, 5.41) is 7.07. The molecule has 9 heavy (non-hydrogen) atoms. The highest BCUT2D eigenvalue weighted by molar-refractivity contribution is 8.01. The lowest BCUT2D eigenvalue weighted by Crippen LogP contribution is -2.30. The van der Waals surface area contributed by atoms with E-state index in [0.29, 0.717) is 11.4 Å². The van der Waals surface area contributed by atoms with Gasteiger partial charge in [0.1, 0.15) is 0 Å². The third-order valence-corrected chi connectivity index (χ3v) is 3.08. The molecule has 50 valence electrons. The maximum atomic E-state index is 4.76. The van der Waals surface area contributed by atoms with Crippen molar-refractivity contribution >= 4 is 46.9 Å². The minimum atomic E-state index is 0.337. The fraction of sp³-hybridized carbons (Fsp3) is 0.600. The van der Waals surface area contributed by atoms with Crippen LogP contribution in [-0.2, 0) is 0 Å². The molecule has 1 rings (SSSR count). The largest absolute Gasteiger partial charge is 0.293 e. The Kier molecular flexibility index (Phi) is 3.04. The Balaban J connectivity index is 2.36. The van der Waals surface area contributed by atoms with Crippen LogP contribution < -0.4 is 5.32 Å². The molecule has 0 radical (unpaired) electrons. The minimum Gasteiger partial charge on any atom is -0.293 e. The van der Waals surface area contributed by atoms with Crippen LogP contribution in [0.15, 0.2) is 0 Å². The summed E-state index contributed by atoms with van der Waals surface area (Å²) in [5.74, 6) is 1.06. The van der Waals surface area contributed by atoms with Crippen LogP contribution in [0.4, 0.5) is 0 Å². The second kappa shape index (κ2) is 3.61. The first kappa shape index (κ1) is 7.60. The number of nitrogens with one attached hydrogen (secondary N) is 1. The van der Waals surface area contributed by atoms with E-state index in [-0.39, 0.29) is 0 Å².